The predicted molar refractivity (Wildman–Crippen MR) is 136 cm³/mol. The monoisotopic (exact) mass is 462 g/mol. The first kappa shape index (κ1) is 22.7. The molecule has 5 rings (SSSR count). The smallest absolute Gasteiger partial charge is 0.318 e. The minimum atomic E-state index is 0.239. The van der Waals surface area contributed by atoms with Gasteiger partial charge in [-0.15, -0.1) is 0 Å². The molecule has 0 amide bonds. The number of piperazine rings is 1. The molecule has 2 aliphatic rings. The van der Waals surface area contributed by atoms with E-state index in [0.29, 0.717) is 19.2 Å². The lowest BCUT2D eigenvalue weighted by Gasteiger charge is -2.39. The molecule has 34 heavy (non-hydrogen) atoms. The Morgan fingerprint density at radius 1 is 1.15 bits per heavy atom. The summed E-state index contributed by atoms with van der Waals surface area (Å²) in [5.74, 6) is 1.29. The SMILES string of the molecule is CC1Cc2c(nc(OCCN(C)C)nc2N2CCNCC2)CN1c1cc(O)cc2ccccc12. The molecule has 8 nitrogen and oxygen atoms in total. The van der Waals surface area contributed by atoms with Crippen LogP contribution >= 0.6 is 0 Å². The van der Waals surface area contributed by atoms with Gasteiger partial charge in [0.15, 0.2) is 0 Å². The van der Waals surface area contributed by atoms with Crippen LogP contribution in [0.15, 0.2) is 36.4 Å². The second kappa shape index (κ2) is 9.64. The molecule has 1 saturated heterocycles. The van der Waals surface area contributed by atoms with E-state index in [4.69, 9.17) is 14.7 Å². The standard InChI is InChI=1S/C26H34N6O2/c1-18-14-22-23(17-32(18)24-16-20(33)15-19-6-4-5-7-21(19)24)28-26(34-13-12-30(2)3)29-25(22)31-10-8-27-9-11-31/h4-7,15-16,18,27,33H,8-14,17H2,1-3H3. The molecule has 2 N–H and O–H groups in total. The summed E-state index contributed by atoms with van der Waals surface area (Å²) in [6.45, 7) is 8.00. The van der Waals surface area contributed by atoms with Crippen LogP contribution < -0.4 is 19.9 Å². The van der Waals surface area contributed by atoms with Gasteiger partial charge in [-0.2, -0.15) is 9.97 Å². The van der Waals surface area contributed by atoms with E-state index < -0.39 is 0 Å². The number of nitrogens with zero attached hydrogens (tertiary/aromatic N) is 5. The predicted octanol–water partition coefficient (Wildman–Crippen LogP) is 2.64. The number of benzene rings is 2. The van der Waals surface area contributed by atoms with Crippen LogP contribution in [0.4, 0.5) is 11.5 Å². The highest BCUT2D eigenvalue weighted by Crippen LogP contribution is 2.38. The molecule has 8 heteroatoms. The molecule has 0 radical (unpaired) electrons. The highest BCUT2D eigenvalue weighted by Gasteiger charge is 2.31. The minimum absolute atomic E-state index is 0.239. The maximum absolute atomic E-state index is 10.4. The molecule has 0 saturated carbocycles. The molecule has 0 aliphatic carbocycles. The maximum Gasteiger partial charge on any atom is 0.318 e. The van der Waals surface area contributed by atoms with E-state index in [0.717, 1.165) is 67.1 Å². The van der Waals surface area contributed by atoms with Gasteiger partial charge >= 0.3 is 6.01 Å². The van der Waals surface area contributed by atoms with Crippen molar-refractivity contribution in [1.82, 2.24) is 20.2 Å². The van der Waals surface area contributed by atoms with E-state index in [1.807, 2.05) is 44.4 Å². The van der Waals surface area contributed by atoms with Crippen LogP contribution in [-0.4, -0.2) is 79.4 Å². The number of phenols is 1. The number of anilines is 2. The van der Waals surface area contributed by atoms with Crippen molar-refractivity contribution >= 4 is 22.3 Å². The van der Waals surface area contributed by atoms with Gasteiger partial charge in [0.05, 0.1) is 12.2 Å². The fraction of sp³-hybridized carbons (Fsp3) is 0.462. The van der Waals surface area contributed by atoms with Gasteiger partial charge in [-0.25, -0.2) is 0 Å². The van der Waals surface area contributed by atoms with Crippen LogP contribution in [0.5, 0.6) is 11.8 Å². The van der Waals surface area contributed by atoms with Gasteiger partial charge in [-0.1, -0.05) is 24.3 Å². The molecular weight excluding hydrogens is 428 g/mol. The summed E-state index contributed by atoms with van der Waals surface area (Å²) < 4.78 is 6.01. The molecule has 180 valence electrons. The van der Waals surface area contributed by atoms with Crippen molar-refractivity contribution in [3.63, 3.8) is 0 Å². The van der Waals surface area contributed by atoms with Gasteiger partial charge in [0, 0.05) is 61.5 Å². The van der Waals surface area contributed by atoms with Crippen molar-refractivity contribution < 1.29 is 9.84 Å². The summed E-state index contributed by atoms with van der Waals surface area (Å²) >= 11 is 0. The van der Waals surface area contributed by atoms with Crippen molar-refractivity contribution in [2.75, 3.05) is 63.2 Å². The molecule has 0 bridgehead atoms. The maximum atomic E-state index is 10.4. The number of likely N-dealkylation sites (N-methyl/N-ethyl adjacent to an activating group) is 1. The molecule has 1 unspecified atom stereocenters. The Hall–Kier alpha value is -3.10. The fourth-order valence-electron chi connectivity index (χ4n) is 4.92. The average molecular weight is 463 g/mol. The Morgan fingerprint density at radius 2 is 1.94 bits per heavy atom. The zero-order valence-corrected chi connectivity index (χ0v) is 20.3. The van der Waals surface area contributed by atoms with Gasteiger partial charge in [0.1, 0.15) is 18.2 Å². The summed E-state index contributed by atoms with van der Waals surface area (Å²) in [4.78, 5) is 16.6. The summed E-state index contributed by atoms with van der Waals surface area (Å²) in [7, 11) is 4.06. The molecule has 1 fully saturated rings. The molecular formula is C26H34N6O2. The Bertz CT molecular complexity index is 1160. The normalized spacial score (nSPS) is 18.4. The molecule has 1 atom stereocenters. The Balaban J connectivity index is 1.53. The lowest BCUT2D eigenvalue weighted by molar-refractivity contribution is 0.244. The third-order valence-corrected chi connectivity index (χ3v) is 6.72. The first-order valence-corrected chi connectivity index (χ1v) is 12.1. The number of ether oxygens (including phenoxy) is 1. The number of aromatic nitrogens is 2. The third-order valence-electron chi connectivity index (χ3n) is 6.72. The van der Waals surface area contributed by atoms with E-state index in [2.05, 4.69) is 33.0 Å². The zero-order valence-electron chi connectivity index (χ0n) is 20.3. The van der Waals surface area contributed by atoms with Gasteiger partial charge in [-0.3, -0.25) is 0 Å². The van der Waals surface area contributed by atoms with E-state index in [1.54, 1.807) is 0 Å². The Morgan fingerprint density at radius 3 is 2.74 bits per heavy atom. The lowest BCUT2D eigenvalue weighted by Crippen LogP contribution is -2.46. The molecule has 0 spiro atoms. The average Bonchev–Trinajstić information content (AvgIpc) is 2.83. The first-order valence-electron chi connectivity index (χ1n) is 12.1. The van der Waals surface area contributed by atoms with Crippen molar-refractivity contribution in [3.05, 3.63) is 47.7 Å². The fourth-order valence-corrected chi connectivity index (χ4v) is 4.92. The summed E-state index contributed by atoms with van der Waals surface area (Å²) in [5, 5.41) is 16.0. The summed E-state index contributed by atoms with van der Waals surface area (Å²) in [5.41, 5.74) is 3.26. The van der Waals surface area contributed by atoms with Crippen molar-refractivity contribution in [3.8, 4) is 11.8 Å². The van der Waals surface area contributed by atoms with Crippen LogP contribution in [0.3, 0.4) is 0 Å². The second-order valence-electron chi connectivity index (χ2n) is 9.51. The second-order valence-corrected chi connectivity index (χ2v) is 9.51. The highest BCUT2D eigenvalue weighted by atomic mass is 16.5. The highest BCUT2D eigenvalue weighted by molar-refractivity contribution is 5.95. The van der Waals surface area contributed by atoms with Gasteiger partial charge in [0.25, 0.3) is 0 Å². The number of nitrogens with one attached hydrogen (secondary N) is 1. The number of rotatable bonds is 6. The number of aromatic hydroxyl groups is 1. The number of phenolic OH excluding ortho intramolecular Hbond substituents is 1. The Labute approximate surface area is 201 Å². The van der Waals surface area contributed by atoms with Crippen molar-refractivity contribution in [2.24, 2.45) is 0 Å². The molecule has 2 aromatic carbocycles. The van der Waals surface area contributed by atoms with Gasteiger partial charge < -0.3 is 29.9 Å². The quantitative estimate of drug-likeness (QED) is 0.579. The number of fused-ring (bicyclic) bond motifs is 2. The zero-order chi connectivity index (χ0) is 23.7. The molecule has 2 aliphatic heterocycles. The van der Waals surface area contributed by atoms with E-state index in [-0.39, 0.29) is 11.8 Å². The first-order chi connectivity index (χ1) is 16.5. The van der Waals surface area contributed by atoms with Crippen LogP contribution in [-0.2, 0) is 13.0 Å². The number of hydrogen-bond donors (Lipinski definition) is 2. The van der Waals surface area contributed by atoms with Gasteiger partial charge in [0.2, 0.25) is 0 Å². The van der Waals surface area contributed by atoms with Crippen molar-refractivity contribution in [2.45, 2.75) is 25.9 Å². The van der Waals surface area contributed by atoms with E-state index in [1.165, 1.54) is 5.56 Å². The minimum Gasteiger partial charge on any atom is -0.508 e. The summed E-state index contributed by atoms with van der Waals surface area (Å²) in [6.07, 6.45) is 0.844. The van der Waals surface area contributed by atoms with Crippen LogP contribution in [0.25, 0.3) is 10.8 Å². The molecule has 3 heterocycles. The largest absolute Gasteiger partial charge is 0.508 e. The van der Waals surface area contributed by atoms with Gasteiger partial charge in [-0.05, 0) is 38.9 Å². The Kier molecular flexibility index (Phi) is 6.43. The molecule has 1 aromatic heterocycles. The number of hydrogen-bond acceptors (Lipinski definition) is 8. The van der Waals surface area contributed by atoms with Crippen LogP contribution in [0.2, 0.25) is 0 Å². The lowest BCUT2D eigenvalue weighted by atomic mass is 9.96. The van der Waals surface area contributed by atoms with Crippen LogP contribution in [0, 0.1) is 0 Å². The third kappa shape index (κ3) is 4.60. The molecule has 3 aromatic rings. The van der Waals surface area contributed by atoms with E-state index in [9.17, 15) is 5.11 Å². The van der Waals surface area contributed by atoms with Crippen LogP contribution in [0.1, 0.15) is 18.2 Å². The topological polar surface area (TPSA) is 77.0 Å². The van der Waals surface area contributed by atoms with E-state index >= 15 is 0 Å². The summed E-state index contributed by atoms with van der Waals surface area (Å²) in [6, 6.07) is 12.6. The van der Waals surface area contributed by atoms with Crippen molar-refractivity contribution in [1.29, 1.82) is 0 Å².